The molecule has 1 aromatic rings. The molecule has 0 bridgehead atoms. The molecular formula is C11H19N3O2S3. The molecule has 3 N–H and O–H groups in total. The predicted molar refractivity (Wildman–Crippen MR) is 81.3 cm³/mol. The van der Waals surface area contributed by atoms with Gasteiger partial charge >= 0.3 is 0 Å². The van der Waals surface area contributed by atoms with Crippen molar-refractivity contribution in [2.24, 2.45) is 5.14 Å². The van der Waals surface area contributed by atoms with Crippen molar-refractivity contribution in [2.45, 2.75) is 48.1 Å². The Morgan fingerprint density at radius 2 is 2.26 bits per heavy atom. The summed E-state index contributed by atoms with van der Waals surface area (Å²) >= 11 is 3.07. The van der Waals surface area contributed by atoms with Gasteiger partial charge in [-0.1, -0.05) is 31.1 Å². The third kappa shape index (κ3) is 4.08. The highest BCUT2D eigenvalue weighted by Gasteiger charge is 2.26. The minimum atomic E-state index is -3.64. The molecule has 0 aliphatic heterocycles. The summed E-state index contributed by atoms with van der Waals surface area (Å²) in [4.78, 5) is 4.11. The lowest BCUT2D eigenvalue weighted by atomic mass is 9.95. The van der Waals surface area contributed by atoms with Gasteiger partial charge < -0.3 is 5.32 Å². The summed E-state index contributed by atoms with van der Waals surface area (Å²) in [6.07, 6.45) is 6.14. The number of thioether (sulfide) groups is 1. The maximum Gasteiger partial charge on any atom is 0.249 e. The Bertz CT molecular complexity index is 513. The third-order valence-corrected chi connectivity index (χ3v) is 6.82. The zero-order valence-corrected chi connectivity index (χ0v) is 13.3. The van der Waals surface area contributed by atoms with Gasteiger partial charge in [0.05, 0.1) is 6.20 Å². The number of hydrogen-bond donors (Lipinski definition) is 2. The molecule has 1 saturated carbocycles. The molecule has 8 heteroatoms. The van der Waals surface area contributed by atoms with Crippen molar-refractivity contribution in [1.82, 2.24) is 4.98 Å². The molecule has 1 fully saturated rings. The Kier molecular flexibility index (Phi) is 5.10. The molecule has 0 saturated heterocycles. The third-order valence-electron chi connectivity index (χ3n) is 3.16. The summed E-state index contributed by atoms with van der Waals surface area (Å²) in [6, 6.07) is 0.373. The zero-order valence-electron chi connectivity index (χ0n) is 10.8. The van der Waals surface area contributed by atoms with Crippen LogP contribution in [0.5, 0.6) is 0 Å². The van der Waals surface area contributed by atoms with Gasteiger partial charge in [-0.25, -0.2) is 18.5 Å². The van der Waals surface area contributed by atoms with Crippen LogP contribution in [0.25, 0.3) is 0 Å². The molecule has 5 nitrogen and oxygen atoms in total. The average Bonchev–Trinajstić information content (AvgIpc) is 2.80. The maximum atomic E-state index is 11.2. The van der Waals surface area contributed by atoms with Gasteiger partial charge in [0.1, 0.15) is 0 Å². The summed E-state index contributed by atoms with van der Waals surface area (Å²) in [7, 11) is -3.64. The first-order valence-electron chi connectivity index (χ1n) is 6.37. The van der Waals surface area contributed by atoms with Crippen molar-refractivity contribution < 1.29 is 8.42 Å². The maximum absolute atomic E-state index is 11.2. The number of thiazole rings is 1. The molecule has 2 rings (SSSR count). The smallest absolute Gasteiger partial charge is 0.249 e. The Morgan fingerprint density at radius 3 is 2.89 bits per heavy atom. The first-order valence-corrected chi connectivity index (χ1v) is 9.78. The van der Waals surface area contributed by atoms with E-state index in [9.17, 15) is 8.42 Å². The standard InChI is InChI=1S/C11H19N3O2S3/c1-2-17-9-6-4-3-5-8(9)14-11-13-7-10(18-11)19(12,15)16/h7-9H,2-6H2,1H3,(H,13,14)(H2,12,15,16)/t8-,9+/m0/s1. The summed E-state index contributed by atoms with van der Waals surface area (Å²) < 4.78 is 22.6. The number of sulfonamides is 1. The van der Waals surface area contributed by atoms with Gasteiger partial charge in [-0.15, -0.1) is 0 Å². The normalized spacial score (nSPS) is 24.3. The van der Waals surface area contributed by atoms with Crippen LogP contribution >= 0.6 is 23.1 Å². The number of aromatic nitrogens is 1. The van der Waals surface area contributed by atoms with E-state index in [1.807, 2.05) is 11.8 Å². The number of rotatable bonds is 5. The number of nitrogens with two attached hydrogens (primary N) is 1. The highest BCUT2D eigenvalue weighted by molar-refractivity contribution is 7.99. The van der Waals surface area contributed by atoms with Crippen LogP contribution in [0.2, 0.25) is 0 Å². The predicted octanol–water partition coefficient (Wildman–Crippen LogP) is 2.27. The fourth-order valence-electron chi connectivity index (χ4n) is 2.29. The fourth-order valence-corrected chi connectivity index (χ4v) is 5.00. The molecule has 0 aromatic carbocycles. The first kappa shape index (κ1) is 15.1. The Hall–Kier alpha value is -0.310. The number of hydrogen-bond acceptors (Lipinski definition) is 6. The lowest BCUT2D eigenvalue weighted by Gasteiger charge is -2.31. The molecule has 1 aromatic heterocycles. The van der Waals surface area contributed by atoms with E-state index in [4.69, 9.17) is 5.14 Å². The SMILES string of the molecule is CCS[C@@H]1CCCC[C@@H]1Nc1ncc(S(N)(=O)=O)s1. The lowest BCUT2D eigenvalue weighted by Crippen LogP contribution is -2.34. The Balaban J connectivity index is 2.04. The second-order valence-electron chi connectivity index (χ2n) is 4.56. The molecule has 0 radical (unpaired) electrons. The minimum absolute atomic E-state index is 0.116. The number of anilines is 1. The quantitative estimate of drug-likeness (QED) is 0.869. The van der Waals surface area contributed by atoms with Crippen LogP contribution in [0.1, 0.15) is 32.6 Å². The molecule has 2 atom stereocenters. The van der Waals surface area contributed by atoms with E-state index in [-0.39, 0.29) is 4.21 Å². The van der Waals surface area contributed by atoms with Crippen LogP contribution in [0, 0.1) is 0 Å². The van der Waals surface area contributed by atoms with E-state index < -0.39 is 10.0 Å². The Morgan fingerprint density at radius 1 is 1.53 bits per heavy atom. The van der Waals surface area contributed by atoms with E-state index in [0.29, 0.717) is 16.4 Å². The van der Waals surface area contributed by atoms with Crippen LogP contribution in [0.3, 0.4) is 0 Å². The molecule has 0 spiro atoms. The van der Waals surface area contributed by atoms with Gasteiger partial charge in [-0.3, -0.25) is 0 Å². The van der Waals surface area contributed by atoms with E-state index in [1.165, 1.54) is 25.5 Å². The first-order chi connectivity index (χ1) is 9.00. The summed E-state index contributed by atoms with van der Waals surface area (Å²) in [5, 5.41) is 9.70. The van der Waals surface area contributed by atoms with Crippen LogP contribution in [-0.2, 0) is 10.0 Å². The molecule has 108 valence electrons. The number of nitrogens with zero attached hydrogens (tertiary/aromatic N) is 1. The second kappa shape index (κ2) is 6.43. The summed E-state index contributed by atoms with van der Waals surface area (Å²) in [6.45, 7) is 2.17. The van der Waals surface area contributed by atoms with Crippen molar-refractivity contribution in [1.29, 1.82) is 0 Å². The van der Waals surface area contributed by atoms with E-state index in [2.05, 4.69) is 17.2 Å². The largest absolute Gasteiger partial charge is 0.358 e. The van der Waals surface area contributed by atoms with E-state index >= 15 is 0 Å². The van der Waals surface area contributed by atoms with Gasteiger partial charge in [-0.2, -0.15) is 11.8 Å². The number of primary sulfonamides is 1. The second-order valence-corrected chi connectivity index (χ2v) is 8.89. The van der Waals surface area contributed by atoms with Crippen LogP contribution in [-0.4, -0.2) is 30.4 Å². The van der Waals surface area contributed by atoms with Gasteiger partial charge in [0.15, 0.2) is 9.34 Å². The van der Waals surface area contributed by atoms with Crippen molar-refractivity contribution in [3.05, 3.63) is 6.20 Å². The van der Waals surface area contributed by atoms with Crippen LogP contribution in [0.15, 0.2) is 10.4 Å². The molecule has 19 heavy (non-hydrogen) atoms. The van der Waals surface area contributed by atoms with Gasteiger partial charge in [0.25, 0.3) is 0 Å². The molecule has 1 aliphatic carbocycles. The zero-order chi connectivity index (χ0) is 13.9. The van der Waals surface area contributed by atoms with Gasteiger partial charge in [0, 0.05) is 11.3 Å². The molecular weight excluding hydrogens is 302 g/mol. The highest BCUT2D eigenvalue weighted by Crippen LogP contribution is 2.32. The lowest BCUT2D eigenvalue weighted by molar-refractivity contribution is 0.474. The molecule has 1 heterocycles. The highest BCUT2D eigenvalue weighted by atomic mass is 32.2. The Labute approximate surface area is 122 Å². The topological polar surface area (TPSA) is 85.1 Å². The van der Waals surface area contributed by atoms with Crippen molar-refractivity contribution in [3.63, 3.8) is 0 Å². The summed E-state index contributed by atoms with van der Waals surface area (Å²) in [5.74, 6) is 1.10. The average molecular weight is 321 g/mol. The fraction of sp³-hybridized carbons (Fsp3) is 0.727. The minimum Gasteiger partial charge on any atom is -0.358 e. The van der Waals surface area contributed by atoms with Crippen molar-refractivity contribution >= 4 is 38.3 Å². The molecule has 0 unspecified atom stereocenters. The van der Waals surface area contributed by atoms with Crippen LogP contribution < -0.4 is 10.5 Å². The molecule has 0 amide bonds. The van der Waals surface area contributed by atoms with Crippen molar-refractivity contribution in [3.8, 4) is 0 Å². The molecule has 1 aliphatic rings. The van der Waals surface area contributed by atoms with Crippen LogP contribution in [0.4, 0.5) is 5.13 Å². The monoisotopic (exact) mass is 321 g/mol. The van der Waals surface area contributed by atoms with Gasteiger partial charge in [-0.05, 0) is 18.6 Å². The van der Waals surface area contributed by atoms with Crippen molar-refractivity contribution in [2.75, 3.05) is 11.1 Å². The van der Waals surface area contributed by atoms with E-state index in [0.717, 1.165) is 23.5 Å². The van der Waals surface area contributed by atoms with Gasteiger partial charge in [0.2, 0.25) is 10.0 Å². The number of nitrogens with one attached hydrogen (secondary N) is 1. The van der Waals surface area contributed by atoms with E-state index in [1.54, 1.807) is 0 Å². The summed E-state index contributed by atoms with van der Waals surface area (Å²) in [5.41, 5.74) is 0.